The number of hydrogen-bond acceptors (Lipinski definition) is 3. The lowest BCUT2D eigenvalue weighted by molar-refractivity contribution is 0.102. The molecule has 0 atom stereocenters. The molecule has 1 aromatic carbocycles. The number of nitrogens with zero attached hydrogens (tertiary/aromatic N) is 1. The number of benzene rings is 1. The van der Waals surface area contributed by atoms with E-state index in [9.17, 15) is 9.18 Å². The molecule has 2 rings (SSSR count). The highest BCUT2D eigenvalue weighted by Crippen LogP contribution is 2.23. The molecule has 1 heterocycles. The summed E-state index contributed by atoms with van der Waals surface area (Å²) >= 11 is 0. The zero-order chi connectivity index (χ0) is 13.0. The Morgan fingerprint density at radius 2 is 2.11 bits per heavy atom. The molecule has 0 bridgehead atoms. The maximum absolute atomic E-state index is 12.9. The first-order valence-corrected chi connectivity index (χ1v) is 5.25. The van der Waals surface area contributed by atoms with Crippen LogP contribution in [0.5, 0.6) is 5.75 Å². The summed E-state index contributed by atoms with van der Waals surface area (Å²) in [6.45, 7) is 0. The molecule has 0 radical (unpaired) electrons. The highest BCUT2D eigenvalue weighted by Gasteiger charge is 2.10. The van der Waals surface area contributed by atoms with Crippen LogP contribution in [0.2, 0.25) is 0 Å². The van der Waals surface area contributed by atoms with E-state index >= 15 is 0 Å². The molecule has 0 fully saturated rings. The number of pyridine rings is 1. The van der Waals surface area contributed by atoms with Gasteiger partial charge in [0.1, 0.15) is 11.6 Å². The van der Waals surface area contributed by atoms with E-state index in [0.29, 0.717) is 11.4 Å². The fourth-order valence-corrected chi connectivity index (χ4v) is 1.48. The lowest BCUT2D eigenvalue weighted by atomic mass is 10.2. The van der Waals surface area contributed by atoms with Crippen LogP contribution in [0.1, 0.15) is 10.4 Å². The molecular formula is C13H11FN2O2. The van der Waals surface area contributed by atoms with E-state index in [1.807, 2.05) is 0 Å². The Morgan fingerprint density at radius 1 is 1.33 bits per heavy atom. The second kappa shape index (κ2) is 5.27. The van der Waals surface area contributed by atoms with Crippen molar-refractivity contribution in [3.05, 3.63) is 54.1 Å². The number of hydrogen-bond donors (Lipinski definition) is 1. The summed E-state index contributed by atoms with van der Waals surface area (Å²) in [5.74, 6) is -0.454. The van der Waals surface area contributed by atoms with Crippen LogP contribution in [0.3, 0.4) is 0 Å². The van der Waals surface area contributed by atoms with E-state index in [0.717, 1.165) is 12.3 Å². The summed E-state index contributed by atoms with van der Waals surface area (Å²) in [6.07, 6.45) is 2.34. The maximum Gasteiger partial charge on any atom is 0.257 e. The molecule has 0 aliphatic carbocycles. The number of amides is 1. The van der Waals surface area contributed by atoms with Gasteiger partial charge in [0.05, 0.1) is 24.6 Å². The van der Waals surface area contributed by atoms with Gasteiger partial charge in [-0.1, -0.05) is 12.1 Å². The number of halogens is 1. The standard InChI is InChI=1S/C13H11FN2O2/c1-18-12-5-3-2-4-11(12)16-13(17)9-6-10(14)8-15-7-9/h2-8H,1H3,(H,16,17). The third kappa shape index (κ3) is 2.63. The molecule has 92 valence electrons. The van der Waals surface area contributed by atoms with Gasteiger partial charge in [-0.2, -0.15) is 0 Å². The van der Waals surface area contributed by atoms with Crippen molar-refractivity contribution in [2.45, 2.75) is 0 Å². The van der Waals surface area contributed by atoms with Gasteiger partial charge in [-0.15, -0.1) is 0 Å². The Hall–Kier alpha value is -2.43. The molecule has 1 amide bonds. The monoisotopic (exact) mass is 246 g/mol. The van der Waals surface area contributed by atoms with E-state index in [1.54, 1.807) is 24.3 Å². The minimum Gasteiger partial charge on any atom is -0.495 e. The van der Waals surface area contributed by atoms with Crippen LogP contribution in [0.15, 0.2) is 42.7 Å². The fourth-order valence-electron chi connectivity index (χ4n) is 1.48. The summed E-state index contributed by atoms with van der Waals surface area (Å²) in [7, 11) is 1.51. The van der Waals surface area contributed by atoms with E-state index in [2.05, 4.69) is 10.3 Å². The fraction of sp³-hybridized carbons (Fsp3) is 0.0769. The van der Waals surface area contributed by atoms with Crippen molar-refractivity contribution >= 4 is 11.6 Å². The molecule has 0 saturated carbocycles. The van der Waals surface area contributed by atoms with E-state index in [4.69, 9.17) is 4.74 Å². The lowest BCUT2D eigenvalue weighted by Gasteiger charge is -2.09. The second-order valence-electron chi connectivity index (χ2n) is 3.55. The number of nitrogens with one attached hydrogen (secondary N) is 1. The van der Waals surface area contributed by atoms with Gasteiger partial charge in [-0.3, -0.25) is 9.78 Å². The predicted octanol–water partition coefficient (Wildman–Crippen LogP) is 2.48. The van der Waals surface area contributed by atoms with Gasteiger partial charge >= 0.3 is 0 Å². The molecular weight excluding hydrogens is 235 g/mol. The molecule has 0 spiro atoms. The van der Waals surface area contributed by atoms with E-state index in [-0.39, 0.29) is 5.56 Å². The Balaban J connectivity index is 2.21. The Morgan fingerprint density at radius 3 is 2.83 bits per heavy atom. The van der Waals surface area contributed by atoms with Gasteiger partial charge < -0.3 is 10.1 Å². The molecule has 0 aliphatic rings. The largest absolute Gasteiger partial charge is 0.495 e. The van der Waals surface area contributed by atoms with Crippen LogP contribution in [-0.2, 0) is 0 Å². The minimum absolute atomic E-state index is 0.154. The summed E-state index contributed by atoms with van der Waals surface area (Å²) in [5, 5.41) is 2.63. The van der Waals surface area contributed by atoms with Gasteiger partial charge in [-0.25, -0.2) is 4.39 Å². The lowest BCUT2D eigenvalue weighted by Crippen LogP contribution is -2.13. The summed E-state index contributed by atoms with van der Waals surface area (Å²) in [6, 6.07) is 8.10. The van der Waals surface area contributed by atoms with Crippen molar-refractivity contribution in [1.82, 2.24) is 4.98 Å². The van der Waals surface area contributed by atoms with Crippen molar-refractivity contribution in [3.8, 4) is 5.75 Å². The van der Waals surface area contributed by atoms with Crippen molar-refractivity contribution in [2.75, 3.05) is 12.4 Å². The smallest absolute Gasteiger partial charge is 0.257 e. The number of anilines is 1. The van der Waals surface area contributed by atoms with Gasteiger partial charge in [0, 0.05) is 6.20 Å². The average molecular weight is 246 g/mol. The van der Waals surface area contributed by atoms with Crippen LogP contribution in [0.25, 0.3) is 0 Å². The van der Waals surface area contributed by atoms with Gasteiger partial charge in [0.2, 0.25) is 0 Å². The highest BCUT2D eigenvalue weighted by molar-refractivity contribution is 6.04. The minimum atomic E-state index is -0.553. The van der Waals surface area contributed by atoms with Crippen LogP contribution in [-0.4, -0.2) is 18.0 Å². The van der Waals surface area contributed by atoms with E-state index in [1.165, 1.54) is 13.3 Å². The number of methoxy groups -OCH3 is 1. The third-order valence-corrected chi connectivity index (χ3v) is 2.32. The second-order valence-corrected chi connectivity index (χ2v) is 3.55. The summed E-state index contributed by atoms with van der Waals surface area (Å²) in [5.41, 5.74) is 0.676. The number of aromatic nitrogens is 1. The average Bonchev–Trinajstić information content (AvgIpc) is 2.39. The molecule has 1 aromatic heterocycles. The zero-order valence-electron chi connectivity index (χ0n) is 9.68. The number of rotatable bonds is 3. The topological polar surface area (TPSA) is 51.2 Å². The van der Waals surface area contributed by atoms with Crippen molar-refractivity contribution in [2.24, 2.45) is 0 Å². The first-order chi connectivity index (χ1) is 8.70. The van der Waals surface area contributed by atoms with Gasteiger partial charge in [-0.05, 0) is 18.2 Å². The first-order valence-electron chi connectivity index (χ1n) is 5.25. The number of ether oxygens (including phenoxy) is 1. The van der Waals surface area contributed by atoms with Gasteiger partial charge in [0.15, 0.2) is 0 Å². The Kier molecular flexibility index (Phi) is 3.52. The summed E-state index contributed by atoms with van der Waals surface area (Å²) < 4.78 is 18.0. The summed E-state index contributed by atoms with van der Waals surface area (Å²) in [4.78, 5) is 15.5. The molecule has 0 unspecified atom stereocenters. The van der Waals surface area contributed by atoms with Crippen molar-refractivity contribution in [3.63, 3.8) is 0 Å². The highest BCUT2D eigenvalue weighted by atomic mass is 19.1. The molecule has 1 N–H and O–H groups in total. The van der Waals surface area contributed by atoms with Crippen LogP contribution >= 0.6 is 0 Å². The van der Waals surface area contributed by atoms with Crippen LogP contribution in [0, 0.1) is 5.82 Å². The molecule has 2 aromatic rings. The third-order valence-electron chi connectivity index (χ3n) is 2.32. The van der Waals surface area contributed by atoms with Crippen molar-refractivity contribution < 1.29 is 13.9 Å². The van der Waals surface area contributed by atoms with E-state index < -0.39 is 11.7 Å². The van der Waals surface area contributed by atoms with Crippen LogP contribution < -0.4 is 10.1 Å². The quantitative estimate of drug-likeness (QED) is 0.905. The number of carbonyl (C=O) groups excluding carboxylic acids is 1. The molecule has 4 nitrogen and oxygen atoms in total. The molecule has 0 saturated heterocycles. The van der Waals surface area contributed by atoms with Gasteiger partial charge in [0.25, 0.3) is 5.91 Å². The SMILES string of the molecule is COc1ccccc1NC(=O)c1cncc(F)c1. The molecule has 0 aliphatic heterocycles. The Labute approximate surface area is 103 Å². The van der Waals surface area contributed by atoms with Crippen LogP contribution in [0.4, 0.5) is 10.1 Å². The molecule has 5 heteroatoms. The zero-order valence-corrected chi connectivity index (χ0v) is 9.68. The maximum atomic E-state index is 12.9. The number of carbonyl (C=O) groups is 1. The predicted molar refractivity (Wildman–Crippen MR) is 65.1 cm³/mol. The van der Waals surface area contributed by atoms with Crippen molar-refractivity contribution in [1.29, 1.82) is 0 Å². The normalized spacial score (nSPS) is 9.89. The number of para-hydroxylation sites is 2. The molecule has 18 heavy (non-hydrogen) atoms. The first kappa shape index (κ1) is 12.0. The Bertz CT molecular complexity index is 572.